The van der Waals surface area contributed by atoms with Gasteiger partial charge >= 0.3 is 0 Å². The summed E-state index contributed by atoms with van der Waals surface area (Å²) >= 11 is 0. The molecule has 0 spiro atoms. The second-order valence-electron chi connectivity index (χ2n) is 8.90. The Kier molecular flexibility index (Phi) is 6.91. The average Bonchev–Trinajstić information content (AvgIpc) is 2.78. The molecule has 32 heavy (non-hydrogen) atoms. The third-order valence-corrected chi connectivity index (χ3v) is 7.45. The van der Waals surface area contributed by atoms with Crippen molar-refractivity contribution in [2.75, 3.05) is 26.2 Å². The highest BCUT2D eigenvalue weighted by Crippen LogP contribution is 2.26. The molecule has 7 nitrogen and oxygen atoms in total. The number of ether oxygens (including phenoxy) is 1. The number of rotatable bonds is 5. The highest BCUT2D eigenvalue weighted by atomic mass is 32.2. The van der Waals surface area contributed by atoms with Crippen LogP contribution in [0.15, 0.2) is 53.4 Å². The number of benzene rings is 2. The van der Waals surface area contributed by atoms with Crippen LogP contribution in [0.2, 0.25) is 0 Å². The Hall–Kier alpha value is -2.89. The minimum atomic E-state index is -3.67. The van der Waals surface area contributed by atoms with Crippen molar-refractivity contribution in [1.82, 2.24) is 9.21 Å². The number of carbonyl (C=O) groups is 1. The molecule has 1 amide bonds. The molecule has 0 saturated carbocycles. The highest BCUT2D eigenvalue weighted by Gasteiger charge is 2.32. The van der Waals surface area contributed by atoms with E-state index in [2.05, 4.69) is 20.8 Å². The van der Waals surface area contributed by atoms with Crippen LogP contribution in [-0.4, -0.2) is 55.8 Å². The number of hydrogen-bond acceptors (Lipinski definition) is 5. The van der Waals surface area contributed by atoms with Gasteiger partial charge < -0.3 is 9.64 Å². The van der Waals surface area contributed by atoms with E-state index in [1.165, 1.54) is 28.6 Å². The second-order valence-corrected chi connectivity index (χ2v) is 10.8. The van der Waals surface area contributed by atoms with Crippen LogP contribution in [0.25, 0.3) is 0 Å². The van der Waals surface area contributed by atoms with Gasteiger partial charge in [-0.2, -0.15) is 9.57 Å². The van der Waals surface area contributed by atoms with Gasteiger partial charge in [-0.05, 0) is 54.3 Å². The van der Waals surface area contributed by atoms with E-state index < -0.39 is 16.1 Å². The van der Waals surface area contributed by atoms with Crippen molar-refractivity contribution in [3.8, 4) is 11.8 Å². The smallest absolute Gasteiger partial charge is 0.263 e. The van der Waals surface area contributed by atoms with Crippen molar-refractivity contribution in [2.45, 2.75) is 44.1 Å². The van der Waals surface area contributed by atoms with Gasteiger partial charge in [0.15, 0.2) is 6.10 Å². The van der Waals surface area contributed by atoms with Crippen molar-refractivity contribution in [2.24, 2.45) is 0 Å². The first-order valence-corrected chi connectivity index (χ1v) is 12.0. The molecule has 0 aromatic heterocycles. The van der Waals surface area contributed by atoms with E-state index in [0.29, 0.717) is 24.4 Å². The van der Waals surface area contributed by atoms with Crippen LogP contribution in [0.4, 0.5) is 0 Å². The molecule has 1 atom stereocenters. The summed E-state index contributed by atoms with van der Waals surface area (Å²) in [6.45, 7) is 9.07. The lowest BCUT2D eigenvalue weighted by Gasteiger charge is -2.35. The zero-order valence-corrected chi connectivity index (χ0v) is 19.7. The number of amides is 1. The SMILES string of the molecule is CC(Oc1cccc(C(C)(C)C)c1)C(=O)N1CCN(S(=O)(=O)c2ccc(C#N)cc2)CC1. The van der Waals surface area contributed by atoms with Gasteiger partial charge in [0.2, 0.25) is 10.0 Å². The van der Waals surface area contributed by atoms with Crippen LogP contribution in [0.1, 0.15) is 38.8 Å². The van der Waals surface area contributed by atoms with E-state index in [0.717, 1.165) is 5.56 Å². The summed E-state index contributed by atoms with van der Waals surface area (Å²) in [7, 11) is -3.67. The first-order valence-electron chi connectivity index (χ1n) is 10.6. The number of hydrogen-bond donors (Lipinski definition) is 0. The third-order valence-electron chi connectivity index (χ3n) is 5.53. The Labute approximate surface area is 190 Å². The van der Waals surface area contributed by atoms with E-state index in [1.807, 2.05) is 30.3 Å². The molecule has 0 radical (unpaired) electrons. The van der Waals surface area contributed by atoms with Crippen molar-refractivity contribution in [3.63, 3.8) is 0 Å². The maximum atomic E-state index is 12.9. The molecule has 1 fully saturated rings. The number of piperazine rings is 1. The van der Waals surface area contributed by atoms with Gasteiger partial charge in [-0.15, -0.1) is 0 Å². The quantitative estimate of drug-likeness (QED) is 0.691. The Morgan fingerprint density at radius 2 is 1.69 bits per heavy atom. The molecule has 1 saturated heterocycles. The molecule has 0 bridgehead atoms. The lowest BCUT2D eigenvalue weighted by Crippen LogP contribution is -2.53. The fourth-order valence-electron chi connectivity index (χ4n) is 3.55. The largest absolute Gasteiger partial charge is 0.481 e. The van der Waals surface area contributed by atoms with Crippen molar-refractivity contribution in [3.05, 3.63) is 59.7 Å². The van der Waals surface area contributed by atoms with Crippen LogP contribution in [-0.2, 0) is 20.2 Å². The third kappa shape index (κ3) is 5.29. The Morgan fingerprint density at radius 1 is 1.06 bits per heavy atom. The standard InChI is InChI=1S/C24H29N3O4S/c1-18(31-21-7-5-6-20(16-21)24(2,3)4)23(28)26-12-14-27(15-13-26)32(29,30)22-10-8-19(17-25)9-11-22/h5-11,16,18H,12-15H2,1-4H3. The zero-order valence-electron chi connectivity index (χ0n) is 18.9. The van der Waals surface area contributed by atoms with Crippen LogP contribution in [0, 0.1) is 11.3 Å². The Bertz CT molecular complexity index is 1110. The molecule has 1 aliphatic heterocycles. The molecule has 2 aromatic rings. The topological polar surface area (TPSA) is 90.7 Å². The Morgan fingerprint density at radius 3 is 2.25 bits per heavy atom. The zero-order chi connectivity index (χ0) is 23.5. The summed E-state index contributed by atoms with van der Waals surface area (Å²) in [5.41, 5.74) is 1.50. The molecule has 1 heterocycles. The van der Waals surface area contributed by atoms with E-state index in [-0.39, 0.29) is 29.3 Å². The number of nitriles is 1. The van der Waals surface area contributed by atoms with Gasteiger partial charge in [0, 0.05) is 26.2 Å². The van der Waals surface area contributed by atoms with E-state index in [4.69, 9.17) is 10.00 Å². The summed E-state index contributed by atoms with van der Waals surface area (Å²) < 4.78 is 33.0. The molecule has 2 aromatic carbocycles. The second kappa shape index (κ2) is 9.31. The highest BCUT2D eigenvalue weighted by molar-refractivity contribution is 7.89. The summed E-state index contributed by atoms with van der Waals surface area (Å²) in [6.07, 6.45) is -0.674. The number of carbonyl (C=O) groups excluding carboxylic acids is 1. The summed E-state index contributed by atoms with van der Waals surface area (Å²) in [5, 5.41) is 8.89. The summed E-state index contributed by atoms with van der Waals surface area (Å²) in [6, 6.07) is 15.6. The number of nitrogens with zero attached hydrogens (tertiary/aromatic N) is 3. The van der Waals surface area contributed by atoms with Gasteiger partial charge in [-0.3, -0.25) is 4.79 Å². The molecule has 1 unspecified atom stereocenters. The van der Waals surface area contributed by atoms with E-state index in [1.54, 1.807) is 11.8 Å². The van der Waals surface area contributed by atoms with E-state index in [9.17, 15) is 13.2 Å². The molecular weight excluding hydrogens is 426 g/mol. The summed E-state index contributed by atoms with van der Waals surface area (Å²) in [4.78, 5) is 14.7. The van der Waals surface area contributed by atoms with Crippen LogP contribution >= 0.6 is 0 Å². The first kappa shape index (κ1) is 23.8. The van der Waals surface area contributed by atoms with Crippen LogP contribution < -0.4 is 4.74 Å². The van der Waals surface area contributed by atoms with Gasteiger partial charge in [0.05, 0.1) is 16.5 Å². The molecule has 8 heteroatoms. The molecule has 0 N–H and O–H groups in total. The van der Waals surface area contributed by atoms with E-state index >= 15 is 0 Å². The van der Waals surface area contributed by atoms with Crippen molar-refractivity contribution >= 4 is 15.9 Å². The van der Waals surface area contributed by atoms with Crippen molar-refractivity contribution in [1.29, 1.82) is 5.26 Å². The Balaban J connectivity index is 1.61. The minimum absolute atomic E-state index is 0.0244. The lowest BCUT2D eigenvalue weighted by atomic mass is 9.87. The van der Waals surface area contributed by atoms with Gasteiger partial charge in [-0.25, -0.2) is 8.42 Å². The number of sulfonamides is 1. The van der Waals surface area contributed by atoms with Gasteiger partial charge in [-0.1, -0.05) is 32.9 Å². The monoisotopic (exact) mass is 455 g/mol. The summed E-state index contributed by atoms with van der Waals surface area (Å²) in [5.74, 6) is 0.474. The molecule has 170 valence electrons. The fourth-order valence-corrected chi connectivity index (χ4v) is 4.97. The van der Waals surface area contributed by atoms with Crippen molar-refractivity contribution < 1.29 is 17.9 Å². The van der Waals surface area contributed by atoms with Gasteiger partial charge in [0.25, 0.3) is 5.91 Å². The maximum absolute atomic E-state index is 12.9. The normalized spacial score (nSPS) is 16.3. The fraction of sp³-hybridized carbons (Fsp3) is 0.417. The molecule has 0 aliphatic carbocycles. The predicted octanol–water partition coefficient (Wildman–Crippen LogP) is 3.16. The predicted molar refractivity (Wildman–Crippen MR) is 122 cm³/mol. The lowest BCUT2D eigenvalue weighted by molar-refractivity contribution is -0.139. The van der Waals surface area contributed by atoms with Gasteiger partial charge in [0.1, 0.15) is 5.75 Å². The molecule has 3 rings (SSSR count). The minimum Gasteiger partial charge on any atom is -0.481 e. The maximum Gasteiger partial charge on any atom is 0.263 e. The van der Waals surface area contributed by atoms with Crippen LogP contribution in [0.5, 0.6) is 5.75 Å². The van der Waals surface area contributed by atoms with Crippen LogP contribution in [0.3, 0.4) is 0 Å². The average molecular weight is 456 g/mol. The molecule has 1 aliphatic rings. The first-order chi connectivity index (χ1) is 15.0. The molecular formula is C24H29N3O4S.